The average molecular weight is 534 g/mol. The highest BCUT2D eigenvalue weighted by molar-refractivity contribution is 5.96. The third-order valence-corrected chi connectivity index (χ3v) is 6.61. The van der Waals surface area contributed by atoms with Crippen molar-refractivity contribution < 1.29 is 19.5 Å². The third kappa shape index (κ3) is 22.8. The van der Waals surface area contributed by atoms with Gasteiger partial charge in [0.15, 0.2) is 0 Å². The molecule has 0 saturated heterocycles. The van der Waals surface area contributed by atoms with Crippen LogP contribution in [0.5, 0.6) is 0 Å². The van der Waals surface area contributed by atoms with E-state index in [0.29, 0.717) is 31.4 Å². The van der Waals surface area contributed by atoms with Gasteiger partial charge in [-0.15, -0.1) is 0 Å². The summed E-state index contributed by atoms with van der Waals surface area (Å²) in [6.45, 7) is 2.80. The maximum atomic E-state index is 11.8. The number of unbranched alkanes of at least 4 members (excludes halogenated alkanes) is 15. The van der Waals surface area contributed by atoms with Crippen LogP contribution in [0.2, 0.25) is 0 Å². The Morgan fingerprint density at radius 1 is 0.737 bits per heavy atom. The molecule has 0 unspecified atom stereocenters. The van der Waals surface area contributed by atoms with Crippen molar-refractivity contribution in [1.29, 1.82) is 0 Å². The second-order valence-electron chi connectivity index (χ2n) is 10.2. The zero-order valence-electron chi connectivity index (χ0n) is 23.9. The van der Waals surface area contributed by atoms with Crippen LogP contribution in [-0.4, -0.2) is 35.5 Å². The van der Waals surface area contributed by atoms with E-state index in [1.54, 1.807) is 30.3 Å². The van der Waals surface area contributed by atoms with Gasteiger partial charge in [-0.05, 0) is 44.4 Å². The Balaban J connectivity index is 0.000000724. The van der Waals surface area contributed by atoms with E-state index in [9.17, 15) is 14.4 Å². The quantitative estimate of drug-likeness (QED) is 0.116. The van der Waals surface area contributed by atoms with Crippen molar-refractivity contribution >= 4 is 17.8 Å². The van der Waals surface area contributed by atoms with Gasteiger partial charge in [0, 0.05) is 12.0 Å². The molecule has 1 rings (SSSR count). The van der Waals surface area contributed by atoms with Crippen LogP contribution in [0, 0.1) is 0 Å². The molecule has 7 heteroatoms. The molecular weight excluding hydrogens is 478 g/mol. The molecule has 0 aromatic heterocycles. The SMILES string of the molecule is CCCCCCCCCCCCCCCCCC(N)=O.NCCCC[C@H](NC(=O)c1ccccc1)C(=O)O. The van der Waals surface area contributed by atoms with Gasteiger partial charge in [0.2, 0.25) is 5.91 Å². The predicted molar refractivity (Wildman–Crippen MR) is 157 cm³/mol. The second kappa shape index (κ2) is 26.2. The lowest BCUT2D eigenvalue weighted by Crippen LogP contribution is -2.40. The number of nitrogens with two attached hydrogens (primary N) is 2. The molecule has 7 nitrogen and oxygen atoms in total. The van der Waals surface area contributed by atoms with Gasteiger partial charge in [-0.3, -0.25) is 9.59 Å². The van der Waals surface area contributed by atoms with Gasteiger partial charge in [-0.1, -0.05) is 115 Å². The molecule has 1 aromatic rings. The summed E-state index contributed by atoms with van der Waals surface area (Å²) in [5.74, 6) is -1.54. The van der Waals surface area contributed by atoms with Gasteiger partial charge in [-0.2, -0.15) is 0 Å². The minimum atomic E-state index is -1.02. The van der Waals surface area contributed by atoms with Crippen molar-refractivity contribution in [3.63, 3.8) is 0 Å². The van der Waals surface area contributed by atoms with E-state index in [1.165, 1.54) is 89.9 Å². The van der Waals surface area contributed by atoms with Crippen molar-refractivity contribution in [1.82, 2.24) is 5.32 Å². The summed E-state index contributed by atoms with van der Waals surface area (Å²) < 4.78 is 0. The van der Waals surface area contributed by atoms with Crippen molar-refractivity contribution in [3.05, 3.63) is 35.9 Å². The fourth-order valence-electron chi connectivity index (χ4n) is 4.25. The van der Waals surface area contributed by atoms with E-state index in [4.69, 9.17) is 16.6 Å². The van der Waals surface area contributed by atoms with Crippen molar-refractivity contribution in [2.75, 3.05) is 6.54 Å². The number of hydrogen-bond acceptors (Lipinski definition) is 4. The molecule has 0 aliphatic rings. The first-order valence-electron chi connectivity index (χ1n) is 15.0. The van der Waals surface area contributed by atoms with E-state index in [2.05, 4.69) is 12.2 Å². The number of carboxylic acid groups (broad SMARTS) is 1. The van der Waals surface area contributed by atoms with Gasteiger partial charge >= 0.3 is 5.97 Å². The summed E-state index contributed by atoms with van der Waals surface area (Å²) in [5, 5.41) is 11.5. The monoisotopic (exact) mass is 533 g/mol. The minimum absolute atomic E-state index is 0.153. The van der Waals surface area contributed by atoms with E-state index in [-0.39, 0.29) is 11.8 Å². The highest BCUT2D eigenvalue weighted by Gasteiger charge is 2.19. The van der Waals surface area contributed by atoms with Crippen LogP contribution in [0.15, 0.2) is 30.3 Å². The number of benzene rings is 1. The number of primary amides is 1. The predicted octanol–water partition coefficient (Wildman–Crippen LogP) is 6.73. The molecule has 0 saturated carbocycles. The summed E-state index contributed by atoms with van der Waals surface area (Å²) in [6, 6.07) is 7.71. The molecule has 0 bridgehead atoms. The summed E-state index contributed by atoms with van der Waals surface area (Å²) in [5.41, 5.74) is 10.9. The molecule has 0 radical (unpaired) electrons. The van der Waals surface area contributed by atoms with E-state index in [0.717, 1.165) is 12.8 Å². The zero-order valence-corrected chi connectivity index (χ0v) is 23.9. The number of rotatable bonds is 23. The number of aliphatic carboxylic acids is 1. The Bertz CT molecular complexity index is 712. The summed E-state index contributed by atoms with van der Waals surface area (Å²) in [7, 11) is 0. The molecule has 38 heavy (non-hydrogen) atoms. The molecule has 218 valence electrons. The van der Waals surface area contributed by atoms with Gasteiger partial charge in [0.05, 0.1) is 0 Å². The van der Waals surface area contributed by atoms with Crippen LogP contribution in [0.3, 0.4) is 0 Å². The van der Waals surface area contributed by atoms with E-state index >= 15 is 0 Å². The molecule has 2 amide bonds. The summed E-state index contributed by atoms with van der Waals surface area (Å²) >= 11 is 0. The first-order valence-corrected chi connectivity index (χ1v) is 15.0. The second-order valence-corrected chi connectivity index (χ2v) is 10.2. The Labute approximate surface area is 231 Å². The number of nitrogens with one attached hydrogen (secondary N) is 1. The normalized spacial score (nSPS) is 11.3. The molecule has 0 aliphatic heterocycles. The van der Waals surface area contributed by atoms with Crippen LogP contribution in [0.1, 0.15) is 139 Å². The number of hydrogen-bond donors (Lipinski definition) is 4. The summed E-state index contributed by atoms with van der Waals surface area (Å²) in [4.78, 5) is 33.4. The Kier molecular flexibility index (Phi) is 24.5. The van der Waals surface area contributed by atoms with Crippen LogP contribution in [-0.2, 0) is 9.59 Å². The molecule has 0 spiro atoms. The lowest BCUT2D eigenvalue weighted by Gasteiger charge is -2.14. The van der Waals surface area contributed by atoms with Gasteiger partial charge in [-0.25, -0.2) is 4.79 Å². The van der Waals surface area contributed by atoms with Gasteiger partial charge in [0.25, 0.3) is 5.91 Å². The minimum Gasteiger partial charge on any atom is -0.480 e. The fraction of sp³-hybridized carbons (Fsp3) is 0.710. The molecule has 0 fully saturated rings. The largest absolute Gasteiger partial charge is 0.480 e. The molecule has 6 N–H and O–H groups in total. The third-order valence-electron chi connectivity index (χ3n) is 6.61. The summed E-state index contributed by atoms with van der Waals surface area (Å²) in [6.07, 6.45) is 22.7. The topological polar surface area (TPSA) is 136 Å². The highest BCUT2D eigenvalue weighted by atomic mass is 16.4. The number of amides is 2. The average Bonchev–Trinajstić information content (AvgIpc) is 2.91. The standard InChI is InChI=1S/C18H37NO.C13H18N2O3/c1-2-3-4-5-6-7-8-9-10-11-12-13-14-15-16-17-18(19)20;14-9-5-4-8-11(13(17)18)15-12(16)10-6-2-1-3-7-10/h2-17H2,1H3,(H2,19,20);1-3,6-7,11H,4-5,8-9,14H2,(H,15,16)(H,17,18)/t;11-/m.0/s1. The van der Waals surface area contributed by atoms with Gasteiger partial charge < -0.3 is 21.9 Å². The van der Waals surface area contributed by atoms with E-state index < -0.39 is 12.0 Å². The first-order chi connectivity index (χ1) is 18.4. The molecule has 1 aromatic carbocycles. The Morgan fingerprint density at radius 2 is 1.21 bits per heavy atom. The lowest BCUT2D eigenvalue weighted by molar-refractivity contribution is -0.139. The maximum absolute atomic E-state index is 11.8. The molecular formula is C31H55N3O4. The number of carbonyl (C=O) groups is 3. The highest BCUT2D eigenvalue weighted by Crippen LogP contribution is 2.13. The number of carboxylic acids is 1. The van der Waals surface area contributed by atoms with Crippen LogP contribution >= 0.6 is 0 Å². The lowest BCUT2D eigenvalue weighted by atomic mass is 10.0. The van der Waals surface area contributed by atoms with Crippen molar-refractivity contribution in [2.24, 2.45) is 11.5 Å². The molecule has 0 aliphatic carbocycles. The zero-order chi connectivity index (χ0) is 28.3. The smallest absolute Gasteiger partial charge is 0.326 e. The van der Waals surface area contributed by atoms with Gasteiger partial charge in [0.1, 0.15) is 6.04 Å². The molecule has 1 atom stereocenters. The van der Waals surface area contributed by atoms with Crippen LogP contribution in [0.25, 0.3) is 0 Å². The Morgan fingerprint density at radius 3 is 1.63 bits per heavy atom. The first kappa shape index (κ1) is 35.6. The van der Waals surface area contributed by atoms with Crippen LogP contribution in [0.4, 0.5) is 0 Å². The maximum Gasteiger partial charge on any atom is 0.326 e. The number of carbonyl (C=O) groups excluding carboxylic acids is 2. The fourth-order valence-corrected chi connectivity index (χ4v) is 4.25. The Hall–Kier alpha value is -2.41. The van der Waals surface area contributed by atoms with Crippen LogP contribution < -0.4 is 16.8 Å². The van der Waals surface area contributed by atoms with Crippen molar-refractivity contribution in [2.45, 2.75) is 135 Å². The van der Waals surface area contributed by atoms with Crippen molar-refractivity contribution in [3.8, 4) is 0 Å². The molecule has 0 heterocycles. The van der Waals surface area contributed by atoms with E-state index in [1.807, 2.05) is 0 Å².